The average Bonchev–Trinajstić information content (AvgIpc) is 3.38. The molecule has 0 saturated carbocycles. The average molecular weight is 401 g/mol. The highest BCUT2D eigenvalue weighted by Crippen LogP contribution is 2.31. The molecule has 0 fully saturated rings. The Balaban J connectivity index is 1.35. The summed E-state index contributed by atoms with van der Waals surface area (Å²) in [5.41, 5.74) is 0.860. The van der Waals surface area contributed by atoms with Crippen molar-refractivity contribution >= 4 is 39.7 Å². The van der Waals surface area contributed by atoms with Gasteiger partial charge in [-0.15, -0.1) is 0 Å². The lowest BCUT2D eigenvalue weighted by molar-refractivity contribution is -0.148. The second-order valence-corrected chi connectivity index (χ2v) is 6.75. The molecule has 0 unspecified atom stereocenters. The van der Waals surface area contributed by atoms with Crippen molar-refractivity contribution in [1.82, 2.24) is 10.1 Å². The molecule has 0 aliphatic heterocycles. The predicted octanol–water partition coefficient (Wildman–Crippen LogP) is 4.73. The third-order valence-electron chi connectivity index (χ3n) is 3.78. The van der Waals surface area contributed by atoms with Crippen LogP contribution in [-0.2, 0) is 16.1 Å². The van der Waals surface area contributed by atoms with Crippen LogP contribution in [0.1, 0.15) is 5.89 Å². The summed E-state index contributed by atoms with van der Waals surface area (Å²) in [6, 6.07) is 12.9. The van der Waals surface area contributed by atoms with Crippen molar-refractivity contribution < 1.29 is 18.8 Å². The number of carbonyl (C=O) groups is 1. The van der Waals surface area contributed by atoms with Crippen molar-refractivity contribution in [2.75, 3.05) is 6.61 Å². The Labute approximate surface area is 163 Å². The van der Waals surface area contributed by atoms with Crippen LogP contribution in [0.2, 0.25) is 5.02 Å². The zero-order chi connectivity index (χ0) is 18.6. The quantitative estimate of drug-likeness (QED) is 0.436. The van der Waals surface area contributed by atoms with E-state index in [2.05, 4.69) is 10.1 Å². The molecule has 0 saturated heterocycles. The van der Waals surface area contributed by atoms with Crippen LogP contribution in [0.3, 0.4) is 0 Å². The zero-order valence-corrected chi connectivity index (χ0v) is 15.5. The fourth-order valence-electron chi connectivity index (χ4n) is 2.50. The molecule has 0 bridgehead atoms. The zero-order valence-electron chi connectivity index (χ0n) is 13.9. The Morgan fingerprint density at radius 1 is 1.15 bits per heavy atom. The van der Waals surface area contributed by atoms with Gasteiger partial charge in [-0.3, -0.25) is 0 Å². The molecule has 0 amide bonds. The Bertz CT molecular complexity index is 1080. The Morgan fingerprint density at radius 2 is 2.00 bits per heavy atom. The van der Waals surface area contributed by atoms with Crippen molar-refractivity contribution in [3.8, 4) is 17.1 Å². The van der Waals surface area contributed by atoms with Gasteiger partial charge >= 0.3 is 5.97 Å². The van der Waals surface area contributed by atoms with Crippen molar-refractivity contribution in [3.63, 3.8) is 0 Å². The molecular formula is C19H13ClN2O4S. The fraction of sp³-hybridized carbons (Fsp3) is 0.105. The van der Waals surface area contributed by atoms with Crippen LogP contribution < -0.4 is 4.74 Å². The van der Waals surface area contributed by atoms with Gasteiger partial charge in [-0.05, 0) is 23.6 Å². The number of hydrogen-bond acceptors (Lipinski definition) is 7. The predicted molar refractivity (Wildman–Crippen MR) is 102 cm³/mol. The Hall–Kier alpha value is -2.90. The van der Waals surface area contributed by atoms with E-state index in [-0.39, 0.29) is 19.1 Å². The largest absolute Gasteiger partial charge is 0.481 e. The fourth-order valence-corrected chi connectivity index (χ4v) is 3.37. The number of benzene rings is 2. The van der Waals surface area contributed by atoms with Gasteiger partial charge in [-0.1, -0.05) is 41.0 Å². The second-order valence-electron chi connectivity index (χ2n) is 5.56. The van der Waals surface area contributed by atoms with E-state index in [1.807, 2.05) is 41.1 Å². The standard InChI is InChI=1S/C19H13ClN2O4S/c20-15-5-6-16(14-4-2-1-3-13(14)15)24-10-18(23)25-9-17-21-19(22-26-17)12-7-8-27-11-12/h1-8,11H,9-10H2. The lowest BCUT2D eigenvalue weighted by atomic mass is 10.1. The molecular weight excluding hydrogens is 388 g/mol. The minimum atomic E-state index is -0.538. The van der Waals surface area contributed by atoms with E-state index >= 15 is 0 Å². The maximum atomic E-state index is 12.0. The van der Waals surface area contributed by atoms with E-state index < -0.39 is 5.97 Å². The van der Waals surface area contributed by atoms with Crippen LogP contribution in [0.15, 0.2) is 57.7 Å². The molecule has 0 radical (unpaired) electrons. The Morgan fingerprint density at radius 3 is 2.81 bits per heavy atom. The van der Waals surface area contributed by atoms with Gasteiger partial charge in [-0.2, -0.15) is 16.3 Å². The molecule has 2 aromatic carbocycles. The van der Waals surface area contributed by atoms with Gasteiger partial charge in [-0.25, -0.2) is 4.79 Å². The summed E-state index contributed by atoms with van der Waals surface area (Å²) in [5.74, 6) is 0.710. The van der Waals surface area contributed by atoms with E-state index in [1.165, 1.54) is 11.3 Å². The number of fused-ring (bicyclic) bond motifs is 1. The molecule has 8 heteroatoms. The first-order chi connectivity index (χ1) is 13.2. The number of hydrogen-bond donors (Lipinski definition) is 0. The van der Waals surface area contributed by atoms with Crippen molar-refractivity contribution in [2.45, 2.75) is 6.61 Å². The van der Waals surface area contributed by atoms with Gasteiger partial charge in [0.05, 0.1) is 0 Å². The maximum Gasteiger partial charge on any atom is 0.344 e. The van der Waals surface area contributed by atoms with Gasteiger partial charge in [0, 0.05) is 26.7 Å². The summed E-state index contributed by atoms with van der Waals surface area (Å²) in [6.45, 7) is -0.349. The highest BCUT2D eigenvalue weighted by Gasteiger charge is 2.13. The van der Waals surface area contributed by atoms with Crippen LogP contribution in [0.5, 0.6) is 5.75 Å². The number of esters is 1. The molecule has 136 valence electrons. The van der Waals surface area contributed by atoms with Gasteiger partial charge in [0.15, 0.2) is 13.2 Å². The lowest BCUT2D eigenvalue weighted by Crippen LogP contribution is -2.15. The van der Waals surface area contributed by atoms with E-state index in [0.717, 1.165) is 16.3 Å². The summed E-state index contributed by atoms with van der Waals surface area (Å²) in [7, 11) is 0. The van der Waals surface area contributed by atoms with Crippen LogP contribution in [0, 0.1) is 0 Å². The van der Waals surface area contributed by atoms with Gasteiger partial charge in [0.25, 0.3) is 5.89 Å². The van der Waals surface area contributed by atoms with Crippen molar-refractivity contribution in [2.24, 2.45) is 0 Å². The van der Waals surface area contributed by atoms with Gasteiger partial charge in [0.2, 0.25) is 5.82 Å². The molecule has 0 atom stereocenters. The van der Waals surface area contributed by atoms with Gasteiger partial charge in [0.1, 0.15) is 5.75 Å². The van der Waals surface area contributed by atoms with Crippen LogP contribution in [0.25, 0.3) is 22.2 Å². The molecule has 4 rings (SSSR count). The highest BCUT2D eigenvalue weighted by atomic mass is 35.5. The van der Waals surface area contributed by atoms with E-state index in [0.29, 0.717) is 16.6 Å². The third-order valence-corrected chi connectivity index (χ3v) is 4.79. The summed E-state index contributed by atoms with van der Waals surface area (Å²) in [5, 5.41) is 10.00. The molecule has 4 aromatic rings. The Kier molecular flexibility index (Phi) is 5.04. The smallest absolute Gasteiger partial charge is 0.344 e. The minimum Gasteiger partial charge on any atom is -0.481 e. The number of rotatable bonds is 6. The maximum absolute atomic E-state index is 12.0. The second kappa shape index (κ2) is 7.77. The minimum absolute atomic E-state index is 0.110. The SMILES string of the molecule is O=C(COc1ccc(Cl)c2ccccc12)OCc1nc(-c2ccsc2)no1. The van der Waals surface area contributed by atoms with Crippen molar-refractivity contribution in [1.29, 1.82) is 0 Å². The lowest BCUT2D eigenvalue weighted by Gasteiger charge is -2.09. The van der Waals surface area contributed by atoms with E-state index in [4.69, 9.17) is 25.6 Å². The molecule has 2 heterocycles. The van der Waals surface area contributed by atoms with Crippen LogP contribution >= 0.6 is 22.9 Å². The summed E-state index contributed by atoms with van der Waals surface area (Å²) >= 11 is 7.71. The summed E-state index contributed by atoms with van der Waals surface area (Å²) < 4.78 is 15.8. The molecule has 27 heavy (non-hydrogen) atoms. The number of carbonyl (C=O) groups excluding carboxylic acids is 1. The molecule has 0 aliphatic rings. The number of thiophene rings is 1. The number of aromatic nitrogens is 2. The molecule has 0 aliphatic carbocycles. The monoisotopic (exact) mass is 400 g/mol. The van der Waals surface area contributed by atoms with Crippen LogP contribution in [-0.4, -0.2) is 22.7 Å². The molecule has 2 aromatic heterocycles. The van der Waals surface area contributed by atoms with E-state index in [9.17, 15) is 4.79 Å². The van der Waals surface area contributed by atoms with Gasteiger partial charge < -0.3 is 14.0 Å². The topological polar surface area (TPSA) is 74.5 Å². The van der Waals surface area contributed by atoms with Crippen LogP contribution in [0.4, 0.5) is 0 Å². The molecule has 0 N–H and O–H groups in total. The third kappa shape index (κ3) is 3.94. The number of nitrogens with zero attached hydrogens (tertiary/aromatic N) is 2. The molecule has 6 nitrogen and oxygen atoms in total. The molecule has 0 spiro atoms. The number of halogens is 1. The van der Waals surface area contributed by atoms with Crippen molar-refractivity contribution in [3.05, 3.63) is 64.1 Å². The normalized spacial score (nSPS) is 10.9. The first-order valence-corrected chi connectivity index (χ1v) is 9.33. The highest BCUT2D eigenvalue weighted by molar-refractivity contribution is 7.08. The number of ether oxygens (including phenoxy) is 2. The van der Waals surface area contributed by atoms with E-state index in [1.54, 1.807) is 12.1 Å². The summed E-state index contributed by atoms with van der Waals surface area (Å²) in [6.07, 6.45) is 0. The first-order valence-electron chi connectivity index (χ1n) is 8.01. The summed E-state index contributed by atoms with van der Waals surface area (Å²) in [4.78, 5) is 16.2. The first kappa shape index (κ1) is 17.5.